The van der Waals surface area contributed by atoms with Crippen molar-refractivity contribution in [3.05, 3.63) is 61.9 Å². The molecule has 2 N–H and O–H groups in total. The van der Waals surface area contributed by atoms with Gasteiger partial charge >= 0.3 is 11.9 Å². The van der Waals surface area contributed by atoms with Gasteiger partial charge in [0.15, 0.2) is 10.8 Å². The van der Waals surface area contributed by atoms with E-state index in [2.05, 4.69) is 31.5 Å². The first-order valence-corrected chi connectivity index (χ1v) is 14.1. The highest BCUT2D eigenvalue weighted by Crippen LogP contribution is 2.36. The van der Waals surface area contributed by atoms with E-state index in [1.165, 1.54) is 23.5 Å². The number of hydrogen-bond acceptors (Lipinski definition) is 9. The maximum atomic E-state index is 13.9. The molecule has 2 heterocycles. The third-order valence-electron chi connectivity index (χ3n) is 5.44. The lowest BCUT2D eigenvalue weighted by Gasteiger charge is -2.29. The molecule has 0 aliphatic carbocycles. The minimum atomic E-state index is -0.800. The van der Waals surface area contributed by atoms with Gasteiger partial charge < -0.3 is 14.8 Å². The molecule has 1 aliphatic rings. The van der Waals surface area contributed by atoms with E-state index in [0.29, 0.717) is 33.0 Å². The minimum absolute atomic E-state index is 0.129. The fourth-order valence-electron chi connectivity index (χ4n) is 3.91. The lowest BCUT2D eigenvalue weighted by molar-refractivity contribution is -0.157. The van der Waals surface area contributed by atoms with Gasteiger partial charge in [0.2, 0.25) is 0 Å². The highest BCUT2D eigenvalue weighted by Gasteiger charge is 2.35. The molecule has 11 heteroatoms. The lowest BCUT2D eigenvalue weighted by Crippen LogP contribution is -2.46. The highest BCUT2D eigenvalue weighted by molar-refractivity contribution is 9.10. The highest BCUT2D eigenvalue weighted by atomic mass is 79.9. The maximum Gasteiger partial charge on any atom is 0.338 e. The fourth-order valence-corrected chi connectivity index (χ4v) is 5.07. The summed E-state index contributed by atoms with van der Waals surface area (Å²) in [6, 6.07) is 2.84. The van der Waals surface area contributed by atoms with Crippen LogP contribution in [0.4, 0.5) is 4.39 Å². The summed E-state index contributed by atoms with van der Waals surface area (Å²) >= 11 is 4.82. The van der Waals surface area contributed by atoms with Crippen LogP contribution >= 0.6 is 27.3 Å². The standard InChI is InChI=1S/C27H34BrFN4O4S/c1-7-36-26(35)21-20(14-31-19(12-15(2)3)25(34)37-27(4,5)6)32-23(24-30-10-11-38-24)33-22(21)17-9-8-16(29)13-18(17)28/h8-11,13,15,19,22,31H,7,12,14H2,1-6H3,(H,32,33)/t19-,22?/m0/s1. The predicted molar refractivity (Wildman–Crippen MR) is 149 cm³/mol. The molecule has 0 saturated heterocycles. The van der Waals surface area contributed by atoms with Gasteiger partial charge in [-0.3, -0.25) is 15.1 Å². The predicted octanol–water partition coefficient (Wildman–Crippen LogP) is 5.30. The Bertz CT molecular complexity index is 1210. The summed E-state index contributed by atoms with van der Waals surface area (Å²) in [5.41, 5.74) is 0.701. The molecular formula is C27H34BrFN4O4S. The number of amidine groups is 1. The first-order valence-electron chi connectivity index (χ1n) is 12.5. The van der Waals surface area contributed by atoms with Crippen molar-refractivity contribution >= 4 is 45.0 Å². The Morgan fingerprint density at radius 2 is 2.03 bits per heavy atom. The lowest BCUT2D eigenvalue weighted by atomic mass is 9.95. The topological polar surface area (TPSA) is 102 Å². The number of aliphatic imine (C=N–C) groups is 1. The van der Waals surface area contributed by atoms with Crippen molar-refractivity contribution in [2.24, 2.45) is 10.9 Å². The fraction of sp³-hybridized carbons (Fsp3) is 0.481. The normalized spacial score (nSPS) is 16.7. The Hall–Kier alpha value is -2.63. The van der Waals surface area contributed by atoms with Crippen molar-refractivity contribution in [3.63, 3.8) is 0 Å². The molecule has 206 valence electrons. The summed E-state index contributed by atoms with van der Waals surface area (Å²) in [7, 11) is 0. The van der Waals surface area contributed by atoms with Crippen LogP contribution in [-0.2, 0) is 19.1 Å². The van der Waals surface area contributed by atoms with E-state index in [4.69, 9.17) is 14.5 Å². The van der Waals surface area contributed by atoms with E-state index in [0.717, 1.165) is 0 Å². The molecule has 0 radical (unpaired) electrons. The smallest absolute Gasteiger partial charge is 0.338 e. The van der Waals surface area contributed by atoms with E-state index >= 15 is 0 Å². The Kier molecular flexibility index (Phi) is 10.2. The number of benzene rings is 1. The second-order valence-corrected chi connectivity index (χ2v) is 12.0. The summed E-state index contributed by atoms with van der Waals surface area (Å²) in [6.07, 6.45) is 2.20. The van der Waals surface area contributed by atoms with Gasteiger partial charge in [0, 0.05) is 28.3 Å². The van der Waals surface area contributed by atoms with E-state index in [1.54, 1.807) is 19.2 Å². The van der Waals surface area contributed by atoms with Crippen molar-refractivity contribution < 1.29 is 23.5 Å². The second-order valence-electron chi connectivity index (χ2n) is 10.2. The molecule has 1 aliphatic heterocycles. The van der Waals surface area contributed by atoms with Crippen molar-refractivity contribution in [2.45, 2.75) is 65.6 Å². The van der Waals surface area contributed by atoms with Gasteiger partial charge in [-0.15, -0.1) is 11.3 Å². The molecule has 2 atom stereocenters. The first-order chi connectivity index (χ1) is 17.9. The van der Waals surface area contributed by atoms with Crippen LogP contribution in [0.5, 0.6) is 0 Å². The van der Waals surface area contributed by atoms with E-state index in [9.17, 15) is 14.0 Å². The molecule has 0 spiro atoms. The van der Waals surface area contributed by atoms with Crippen LogP contribution in [0, 0.1) is 11.7 Å². The number of nitrogens with one attached hydrogen (secondary N) is 2. The SMILES string of the molecule is CCOC(=O)C1=C(CN[C@@H](CC(C)C)C(=O)OC(C)(C)C)NC(c2nccs2)=NC1c1ccc(F)cc1Br. The van der Waals surface area contributed by atoms with Gasteiger partial charge in [-0.2, -0.15) is 0 Å². The molecule has 0 bridgehead atoms. The van der Waals surface area contributed by atoms with Gasteiger partial charge in [0.05, 0.1) is 12.2 Å². The van der Waals surface area contributed by atoms with Crippen molar-refractivity contribution in [1.29, 1.82) is 0 Å². The van der Waals surface area contributed by atoms with Gasteiger partial charge in [0.1, 0.15) is 23.5 Å². The van der Waals surface area contributed by atoms with Crippen LogP contribution in [0.2, 0.25) is 0 Å². The number of halogens is 2. The summed E-state index contributed by atoms with van der Waals surface area (Å²) in [6.45, 7) is 11.5. The van der Waals surface area contributed by atoms with Crippen molar-refractivity contribution in [2.75, 3.05) is 13.2 Å². The number of esters is 2. The number of ether oxygens (including phenoxy) is 2. The number of hydrogen-bond donors (Lipinski definition) is 2. The van der Waals surface area contributed by atoms with Crippen LogP contribution in [0.3, 0.4) is 0 Å². The minimum Gasteiger partial charge on any atom is -0.463 e. The zero-order valence-corrected chi connectivity index (χ0v) is 24.8. The molecule has 0 fully saturated rings. The Morgan fingerprint density at radius 3 is 2.61 bits per heavy atom. The molecule has 1 aromatic carbocycles. The van der Waals surface area contributed by atoms with Crippen LogP contribution in [-0.4, -0.2) is 47.6 Å². The second kappa shape index (κ2) is 12.9. The van der Waals surface area contributed by atoms with E-state index in [1.807, 2.05) is 40.0 Å². The van der Waals surface area contributed by atoms with Crippen molar-refractivity contribution in [3.8, 4) is 0 Å². The van der Waals surface area contributed by atoms with Crippen LogP contribution < -0.4 is 10.6 Å². The van der Waals surface area contributed by atoms with Crippen LogP contribution in [0.25, 0.3) is 0 Å². The van der Waals surface area contributed by atoms with Crippen molar-refractivity contribution in [1.82, 2.24) is 15.6 Å². The molecule has 1 aromatic heterocycles. The molecule has 3 rings (SSSR count). The molecule has 0 saturated carbocycles. The molecule has 1 unspecified atom stereocenters. The molecule has 0 amide bonds. The maximum absolute atomic E-state index is 13.9. The largest absolute Gasteiger partial charge is 0.463 e. The number of nitrogens with zero attached hydrogens (tertiary/aromatic N) is 2. The van der Waals surface area contributed by atoms with Gasteiger partial charge in [-0.25, -0.2) is 14.2 Å². The monoisotopic (exact) mass is 608 g/mol. The van der Waals surface area contributed by atoms with Crippen LogP contribution in [0.15, 0.2) is 50.5 Å². The number of rotatable bonds is 10. The zero-order valence-electron chi connectivity index (χ0n) is 22.4. The summed E-state index contributed by atoms with van der Waals surface area (Å²) in [4.78, 5) is 35.5. The third-order valence-corrected chi connectivity index (χ3v) is 6.90. The third kappa shape index (κ3) is 7.94. The summed E-state index contributed by atoms with van der Waals surface area (Å²) in [5.74, 6) is -0.669. The van der Waals surface area contributed by atoms with Gasteiger partial charge in [-0.05, 0) is 57.7 Å². The first kappa shape index (κ1) is 29.9. The molecule has 2 aromatic rings. The molecule has 8 nitrogen and oxygen atoms in total. The van der Waals surface area contributed by atoms with Gasteiger partial charge in [-0.1, -0.05) is 35.8 Å². The Labute approximate surface area is 235 Å². The molecule has 38 heavy (non-hydrogen) atoms. The average molecular weight is 610 g/mol. The van der Waals surface area contributed by atoms with Crippen LogP contribution in [0.1, 0.15) is 64.6 Å². The van der Waals surface area contributed by atoms with E-state index < -0.39 is 29.5 Å². The quantitative estimate of drug-likeness (QED) is 0.353. The number of carbonyl (C=O) groups is 2. The average Bonchev–Trinajstić information content (AvgIpc) is 3.35. The molecular weight excluding hydrogens is 575 g/mol. The number of aromatic nitrogens is 1. The zero-order chi connectivity index (χ0) is 28.0. The summed E-state index contributed by atoms with van der Waals surface area (Å²) < 4.78 is 25.5. The number of thiazole rings is 1. The van der Waals surface area contributed by atoms with Gasteiger partial charge in [0.25, 0.3) is 0 Å². The Morgan fingerprint density at radius 1 is 1.29 bits per heavy atom. The summed E-state index contributed by atoms with van der Waals surface area (Å²) in [5, 5.41) is 8.98. The Balaban J connectivity index is 2.06. The number of carbonyl (C=O) groups excluding carboxylic acids is 2. The van der Waals surface area contributed by atoms with E-state index in [-0.39, 0.29) is 30.6 Å².